The number of carbonyl (C=O) groups excluding carboxylic acids is 1. The largest absolute Gasteiger partial charge is 0.484 e. The fourth-order valence-electron chi connectivity index (χ4n) is 2.51. The van der Waals surface area contributed by atoms with Crippen molar-refractivity contribution in [3.05, 3.63) is 36.0 Å². The van der Waals surface area contributed by atoms with Gasteiger partial charge < -0.3 is 19.9 Å². The molecule has 2 aromatic rings. The summed E-state index contributed by atoms with van der Waals surface area (Å²) < 4.78 is 10.5. The second-order valence-corrected chi connectivity index (χ2v) is 5.56. The van der Waals surface area contributed by atoms with Crippen LogP contribution in [0, 0.1) is 12.8 Å². The fraction of sp³-hybridized carbons (Fsp3) is 0.438. The molecule has 2 N–H and O–H groups in total. The van der Waals surface area contributed by atoms with Gasteiger partial charge in [-0.15, -0.1) is 0 Å². The maximum absolute atomic E-state index is 12.2. The highest BCUT2D eigenvalue weighted by Gasteiger charge is 2.20. The molecule has 3 rings (SSSR count). The molecule has 1 aromatic carbocycles. The van der Waals surface area contributed by atoms with Gasteiger partial charge in [0.25, 0.3) is 5.89 Å². The number of aromatic nitrogens is 2. The molecule has 1 saturated heterocycles. The summed E-state index contributed by atoms with van der Waals surface area (Å²) in [6.45, 7) is 3.79. The predicted molar refractivity (Wildman–Crippen MR) is 84.0 cm³/mol. The van der Waals surface area contributed by atoms with Crippen molar-refractivity contribution in [1.82, 2.24) is 15.5 Å². The van der Waals surface area contributed by atoms with Gasteiger partial charge in [0.1, 0.15) is 5.75 Å². The van der Waals surface area contributed by atoms with Gasteiger partial charge in [-0.2, -0.15) is 4.98 Å². The molecule has 1 aliphatic rings. The summed E-state index contributed by atoms with van der Waals surface area (Å²) in [6, 6.07) is 7.27. The summed E-state index contributed by atoms with van der Waals surface area (Å²) >= 11 is 0. The van der Waals surface area contributed by atoms with Gasteiger partial charge in [-0.3, -0.25) is 4.79 Å². The van der Waals surface area contributed by atoms with Crippen molar-refractivity contribution < 1.29 is 14.1 Å². The van der Waals surface area contributed by atoms with Crippen LogP contribution in [0.2, 0.25) is 0 Å². The molecule has 2 heterocycles. The van der Waals surface area contributed by atoms with E-state index in [1.807, 2.05) is 12.1 Å². The van der Waals surface area contributed by atoms with Crippen molar-refractivity contribution in [2.45, 2.75) is 26.4 Å². The molecule has 23 heavy (non-hydrogen) atoms. The third kappa shape index (κ3) is 4.29. The summed E-state index contributed by atoms with van der Waals surface area (Å²) in [6.07, 6.45) is 1.77. The SMILES string of the molecule is Cc1noc(COc2ccc(NC(=O)C3CCNCC3)cc2)n1. The Kier molecular flexibility index (Phi) is 4.87. The Morgan fingerprint density at radius 1 is 1.35 bits per heavy atom. The molecule has 0 atom stereocenters. The minimum absolute atomic E-state index is 0.0847. The highest BCUT2D eigenvalue weighted by Crippen LogP contribution is 2.19. The lowest BCUT2D eigenvalue weighted by atomic mass is 9.97. The topological polar surface area (TPSA) is 89.3 Å². The average Bonchev–Trinajstić information content (AvgIpc) is 3.00. The molecule has 7 heteroatoms. The highest BCUT2D eigenvalue weighted by atomic mass is 16.5. The summed E-state index contributed by atoms with van der Waals surface area (Å²) in [7, 11) is 0. The Balaban J connectivity index is 1.51. The zero-order chi connectivity index (χ0) is 16.1. The van der Waals surface area contributed by atoms with Crippen LogP contribution in [0.5, 0.6) is 5.75 Å². The van der Waals surface area contributed by atoms with Crippen LogP contribution in [-0.4, -0.2) is 29.1 Å². The molecule has 0 radical (unpaired) electrons. The first-order chi connectivity index (χ1) is 11.2. The van der Waals surface area contributed by atoms with Gasteiger partial charge in [0.05, 0.1) is 0 Å². The molecule has 0 spiro atoms. The van der Waals surface area contributed by atoms with Crippen molar-refractivity contribution in [3.63, 3.8) is 0 Å². The first-order valence-electron chi connectivity index (χ1n) is 7.74. The molecular weight excluding hydrogens is 296 g/mol. The molecular formula is C16H20N4O3. The minimum Gasteiger partial charge on any atom is -0.484 e. The standard InChI is InChI=1S/C16H20N4O3/c1-11-18-15(23-20-11)10-22-14-4-2-13(3-5-14)19-16(21)12-6-8-17-9-7-12/h2-5,12,17H,6-10H2,1H3,(H,19,21). The molecule has 0 unspecified atom stereocenters. The summed E-state index contributed by atoms with van der Waals surface area (Å²) in [5, 5.41) is 9.91. The van der Waals surface area contributed by atoms with Gasteiger partial charge in [0, 0.05) is 11.6 Å². The average molecular weight is 316 g/mol. The number of carbonyl (C=O) groups is 1. The normalized spacial score (nSPS) is 15.3. The first-order valence-corrected chi connectivity index (χ1v) is 7.74. The Morgan fingerprint density at radius 2 is 2.09 bits per heavy atom. The monoisotopic (exact) mass is 316 g/mol. The predicted octanol–water partition coefficient (Wildman–Crippen LogP) is 1.90. The lowest BCUT2D eigenvalue weighted by Crippen LogP contribution is -2.34. The van der Waals surface area contributed by atoms with Crippen LogP contribution in [0.1, 0.15) is 24.6 Å². The number of benzene rings is 1. The zero-order valence-electron chi connectivity index (χ0n) is 13.0. The number of piperidine rings is 1. The van der Waals surface area contributed by atoms with Crippen molar-refractivity contribution in [2.75, 3.05) is 18.4 Å². The molecule has 1 aromatic heterocycles. The molecule has 0 bridgehead atoms. The van der Waals surface area contributed by atoms with Gasteiger partial charge in [0.2, 0.25) is 5.91 Å². The number of amides is 1. The Bertz CT molecular complexity index is 648. The van der Waals surface area contributed by atoms with E-state index in [-0.39, 0.29) is 18.4 Å². The van der Waals surface area contributed by atoms with E-state index in [2.05, 4.69) is 20.8 Å². The molecule has 1 aliphatic heterocycles. The van der Waals surface area contributed by atoms with Crippen molar-refractivity contribution in [1.29, 1.82) is 0 Å². The van der Waals surface area contributed by atoms with E-state index >= 15 is 0 Å². The molecule has 122 valence electrons. The van der Waals surface area contributed by atoms with Crippen molar-refractivity contribution in [3.8, 4) is 5.75 Å². The summed E-state index contributed by atoms with van der Waals surface area (Å²) in [4.78, 5) is 16.2. The van der Waals surface area contributed by atoms with Gasteiger partial charge in [-0.25, -0.2) is 0 Å². The van der Waals surface area contributed by atoms with Gasteiger partial charge in [0.15, 0.2) is 12.4 Å². The molecule has 0 aliphatic carbocycles. The smallest absolute Gasteiger partial charge is 0.264 e. The lowest BCUT2D eigenvalue weighted by Gasteiger charge is -2.21. The van der Waals surface area contributed by atoms with E-state index in [0.717, 1.165) is 31.6 Å². The van der Waals surface area contributed by atoms with Crippen LogP contribution in [0.15, 0.2) is 28.8 Å². The van der Waals surface area contributed by atoms with Crippen LogP contribution in [0.4, 0.5) is 5.69 Å². The Morgan fingerprint density at radius 3 is 2.74 bits per heavy atom. The summed E-state index contributed by atoms with van der Waals surface area (Å²) in [5.41, 5.74) is 0.773. The van der Waals surface area contributed by atoms with Gasteiger partial charge in [-0.05, 0) is 57.1 Å². The van der Waals surface area contributed by atoms with Crippen LogP contribution < -0.4 is 15.4 Å². The quantitative estimate of drug-likeness (QED) is 0.875. The number of anilines is 1. The van der Waals surface area contributed by atoms with Crippen LogP contribution in [0.25, 0.3) is 0 Å². The number of hydrogen-bond acceptors (Lipinski definition) is 6. The highest BCUT2D eigenvalue weighted by molar-refractivity contribution is 5.92. The van der Waals surface area contributed by atoms with Crippen LogP contribution in [-0.2, 0) is 11.4 Å². The first kappa shape index (κ1) is 15.5. The lowest BCUT2D eigenvalue weighted by molar-refractivity contribution is -0.120. The maximum Gasteiger partial charge on any atom is 0.264 e. The minimum atomic E-state index is 0.0847. The molecule has 7 nitrogen and oxygen atoms in total. The second-order valence-electron chi connectivity index (χ2n) is 5.56. The number of aryl methyl sites for hydroxylation is 1. The number of hydrogen-bond donors (Lipinski definition) is 2. The van der Waals surface area contributed by atoms with Gasteiger partial charge in [-0.1, -0.05) is 5.16 Å². The van der Waals surface area contributed by atoms with E-state index in [9.17, 15) is 4.79 Å². The number of rotatable bonds is 5. The number of nitrogens with zero attached hydrogens (tertiary/aromatic N) is 2. The van der Waals surface area contributed by atoms with Crippen LogP contribution >= 0.6 is 0 Å². The maximum atomic E-state index is 12.2. The fourth-order valence-corrected chi connectivity index (χ4v) is 2.51. The molecule has 0 saturated carbocycles. The molecule has 1 fully saturated rings. The third-order valence-electron chi connectivity index (χ3n) is 3.76. The Hall–Kier alpha value is -2.41. The zero-order valence-corrected chi connectivity index (χ0v) is 13.0. The van der Waals surface area contributed by atoms with E-state index in [1.54, 1.807) is 19.1 Å². The van der Waals surface area contributed by atoms with Crippen molar-refractivity contribution in [2.24, 2.45) is 5.92 Å². The van der Waals surface area contributed by atoms with Crippen molar-refractivity contribution >= 4 is 11.6 Å². The van der Waals surface area contributed by atoms with Gasteiger partial charge >= 0.3 is 0 Å². The Labute approximate surface area is 134 Å². The third-order valence-corrected chi connectivity index (χ3v) is 3.76. The van der Waals surface area contributed by atoms with Crippen LogP contribution in [0.3, 0.4) is 0 Å². The van der Waals surface area contributed by atoms with E-state index in [4.69, 9.17) is 9.26 Å². The van der Waals surface area contributed by atoms with E-state index in [0.29, 0.717) is 17.5 Å². The summed E-state index contributed by atoms with van der Waals surface area (Å²) in [5.74, 6) is 1.88. The number of ether oxygens (including phenoxy) is 1. The number of nitrogens with one attached hydrogen (secondary N) is 2. The van der Waals surface area contributed by atoms with E-state index < -0.39 is 0 Å². The molecule has 1 amide bonds. The second kappa shape index (κ2) is 7.23. The van der Waals surface area contributed by atoms with E-state index in [1.165, 1.54) is 0 Å².